The van der Waals surface area contributed by atoms with Crippen LogP contribution in [0, 0.1) is 11.8 Å². The Balaban J connectivity index is 1.57. The van der Waals surface area contributed by atoms with Crippen molar-refractivity contribution in [3.05, 3.63) is 28.7 Å². The number of nitrogen functional groups attached to an aromatic ring is 1. The van der Waals surface area contributed by atoms with Gasteiger partial charge in [0.2, 0.25) is 0 Å². The minimum atomic E-state index is 0.0481. The molecule has 2 aliphatic rings. The number of anilines is 1. The average molecular weight is 261 g/mol. The highest BCUT2D eigenvalue weighted by Gasteiger charge is 2.28. The van der Waals surface area contributed by atoms with Gasteiger partial charge in [-0.1, -0.05) is 0 Å². The van der Waals surface area contributed by atoms with E-state index in [1.165, 1.54) is 38.8 Å². The predicted octanol–water partition coefficient (Wildman–Crippen LogP) is 1.55. The second-order valence-electron chi connectivity index (χ2n) is 6.14. The van der Waals surface area contributed by atoms with Crippen LogP contribution in [0.3, 0.4) is 0 Å². The largest absolute Gasteiger partial charge is 0.398 e. The summed E-state index contributed by atoms with van der Waals surface area (Å²) in [6.45, 7) is 4.15. The van der Waals surface area contributed by atoms with Crippen molar-refractivity contribution in [2.24, 2.45) is 11.8 Å². The van der Waals surface area contributed by atoms with Gasteiger partial charge in [-0.25, -0.2) is 0 Å². The van der Waals surface area contributed by atoms with Gasteiger partial charge in [0, 0.05) is 44.1 Å². The standard InChI is InChI=1S/C15H23N3O/c16-14-5-6-15(19)18(11-14)8-7-17(9-12-1-2-12)10-13-3-4-13/h5-6,11-13H,1-4,7-10,16H2. The summed E-state index contributed by atoms with van der Waals surface area (Å²) in [5, 5.41) is 0. The summed E-state index contributed by atoms with van der Waals surface area (Å²) in [5.41, 5.74) is 6.45. The molecule has 0 saturated heterocycles. The zero-order valence-electron chi connectivity index (χ0n) is 11.4. The van der Waals surface area contributed by atoms with Crippen LogP contribution in [0.2, 0.25) is 0 Å². The van der Waals surface area contributed by atoms with E-state index < -0.39 is 0 Å². The van der Waals surface area contributed by atoms with Crippen LogP contribution in [0.4, 0.5) is 5.69 Å². The van der Waals surface area contributed by atoms with E-state index in [0.29, 0.717) is 5.69 Å². The first kappa shape index (κ1) is 12.7. The molecule has 0 bridgehead atoms. The molecule has 0 amide bonds. The third-order valence-corrected chi connectivity index (χ3v) is 4.09. The fraction of sp³-hybridized carbons (Fsp3) is 0.667. The van der Waals surface area contributed by atoms with E-state index >= 15 is 0 Å². The molecular formula is C15H23N3O. The highest BCUT2D eigenvalue weighted by molar-refractivity contribution is 5.33. The lowest BCUT2D eigenvalue weighted by Gasteiger charge is -2.22. The van der Waals surface area contributed by atoms with Crippen molar-refractivity contribution in [2.45, 2.75) is 32.2 Å². The van der Waals surface area contributed by atoms with E-state index in [4.69, 9.17) is 5.73 Å². The van der Waals surface area contributed by atoms with Crippen LogP contribution in [-0.4, -0.2) is 29.1 Å². The van der Waals surface area contributed by atoms with E-state index in [-0.39, 0.29) is 5.56 Å². The number of aromatic nitrogens is 1. The van der Waals surface area contributed by atoms with Crippen LogP contribution in [-0.2, 0) is 6.54 Å². The normalized spacial score (nSPS) is 19.0. The summed E-state index contributed by atoms with van der Waals surface area (Å²) >= 11 is 0. The third-order valence-electron chi connectivity index (χ3n) is 4.09. The van der Waals surface area contributed by atoms with E-state index in [1.54, 1.807) is 22.9 Å². The maximum Gasteiger partial charge on any atom is 0.250 e. The van der Waals surface area contributed by atoms with Crippen LogP contribution in [0.25, 0.3) is 0 Å². The van der Waals surface area contributed by atoms with Gasteiger partial charge < -0.3 is 15.2 Å². The van der Waals surface area contributed by atoms with Gasteiger partial charge in [-0.3, -0.25) is 4.79 Å². The number of hydrogen-bond donors (Lipinski definition) is 1. The van der Waals surface area contributed by atoms with Crippen molar-refractivity contribution in [3.8, 4) is 0 Å². The van der Waals surface area contributed by atoms with Gasteiger partial charge in [0.1, 0.15) is 0 Å². The third kappa shape index (κ3) is 3.83. The summed E-state index contributed by atoms with van der Waals surface area (Å²) in [4.78, 5) is 14.3. The average Bonchev–Trinajstić information content (AvgIpc) is 3.25. The zero-order chi connectivity index (χ0) is 13.2. The Morgan fingerprint density at radius 1 is 1.16 bits per heavy atom. The maximum absolute atomic E-state index is 11.7. The van der Waals surface area contributed by atoms with E-state index in [9.17, 15) is 4.79 Å². The first-order valence-electron chi connectivity index (χ1n) is 7.39. The predicted molar refractivity (Wildman–Crippen MR) is 77.0 cm³/mol. The number of pyridine rings is 1. The van der Waals surface area contributed by atoms with Crippen molar-refractivity contribution in [3.63, 3.8) is 0 Å². The SMILES string of the molecule is Nc1ccc(=O)n(CCN(CC2CC2)CC2CC2)c1. The molecular weight excluding hydrogens is 238 g/mol. The lowest BCUT2D eigenvalue weighted by Crippen LogP contribution is -2.33. The molecule has 0 spiro atoms. The summed E-state index contributed by atoms with van der Waals surface area (Å²) in [6, 6.07) is 3.23. The van der Waals surface area contributed by atoms with Crippen LogP contribution in [0.1, 0.15) is 25.7 Å². The maximum atomic E-state index is 11.7. The van der Waals surface area contributed by atoms with Gasteiger partial charge >= 0.3 is 0 Å². The molecule has 1 heterocycles. The van der Waals surface area contributed by atoms with Gasteiger partial charge in [0.05, 0.1) is 0 Å². The monoisotopic (exact) mass is 261 g/mol. The Kier molecular flexibility index (Phi) is 3.60. The molecule has 2 saturated carbocycles. The minimum Gasteiger partial charge on any atom is -0.398 e. The fourth-order valence-corrected chi connectivity index (χ4v) is 2.56. The molecule has 0 aliphatic heterocycles. The fourth-order valence-electron chi connectivity index (χ4n) is 2.56. The molecule has 19 heavy (non-hydrogen) atoms. The number of hydrogen-bond acceptors (Lipinski definition) is 3. The molecule has 0 unspecified atom stereocenters. The van der Waals surface area contributed by atoms with Gasteiger partial charge in [0.15, 0.2) is 0 Å². The summed E-state index contributed by atoms with van der Waals surface area (Å²) < 4.78 is 1.74. The molecule has 4 heteroatoms. The molecule has 104 valence electrons. The molecule has 0 aromatic carbocycles. The molecule has 3 rings (SSSR count). The van der Waals surface area contributed by atoms with Crippen LogP contribution in [0.5, 0.6) is 0 Å². The van der Waals surface area contributed by atoms with Gasteiger partial charge in [-0.2, -0.15) is 0 Å². The summed E-state index contributed by atoms with van der Waals surface area (Å²) in [6.07, 6.45) is 7.31. The Morgan fingerprint density at radius 3 is 2.37 bits per heavy atom. The Hall–Kier alpha value is -1.29. The number of rotatable bonds is 7. The molecule has 4 nitrogen and oxygen atoms in total. The number of nitrogens with zero attached hydrogens (tertiary/aromatic N) is 2. The van der Waals surface area contributed by atoms with Crippen LogP contribution >= 0.6 is 0 Å². The Bertz CT molecular complexity index is 474. The van der Waals surface area contributed by atoms with Crippen molar-refractivity contribution >= 4 is 5.69 Å². The first-order valence-corrected chi connectivity index (χ1v) is 7.39. The van der Waals surface area contributed by atoms with Gasteiger partial charge in [-0.15, -0.1) is 0 Å². The van der Waals surface area contributed by atoms with Crippen LogP contribution < -0.4 is 11.3 Å². The molecule has 2 fully saturated rings. The quantitative estimate of drug-likeness (QED) is 0.810. The molecule has 2 aliphatic carbocycles. The molecule has 2 N–H and O–H groups in total. The molecule has 0 radical (unpaired) electrons. The Labute approximate surface area is 114 Å². The molecule has 1 aromatic rings. The van der Waals surface area contributed by atoms with Gasteiger partial charge in [0.25, 0.3) is 5.56 Å². The second kappa shape index (κ2) is 5.37. The highest BCUT2D eigenvalue weighted by atomic mass is 16.1. The lowest BCUT2D eigenvalue weighted by molar-refractivity contribution is 0.242. The van der Waals surface area contributed by atoms with Crippen molar-refractivity contribution in [1.29, 1.82) is 0 Å². The van der Waals surface area contributed by atoms with Crippen molar-refractivity contribution in [1.82, 2.24) is 9.47 Å². The van der Waals surface area contributed by atoms with Gasteiger partial charge in [-0.05, 0) is 43.6 Å². The van der Waals surface area contributed by atoms with Crippen molar-refractivity contribution in [2.75, 3.05) is 25.4 Å². The van der Waals surface area contributed by atoms with E-state index in [1.807, 2.05) is 0 Å². The smallest absolute Gasteiger partial charge is 0.250 e. The molecule has 0 atom stereocenters. The Morgan fingerprint density at radius 2 is 1.79 bits per heavy atom. The topological polar surface area (TPSA) is 51.3 Å². The van der Waals surface area contributed by atoms with E-state index in [0.717, 1.165) is 24.9 Å². The zero-order valence-corrected chi connectivity index (χ0v) is 11.4. The first-order chi connectivity index (χ1) is 9.20. The highest BCUT2D eigenvalue weighted by Crippen LogP contribution is 2.33. The summed E-state index contributed by atoms with van der Waals surface area (Å²) in [7, 11) is 0. The second-order valence-corrected chi connectivity index (χ2v) is 6.14. The summed E-state index contributed by atoms with van der Waals surface area (Å²) in [5.74, 6) is 1.83. The minimum absolute atomic E-state index is 0.0481. The van der Waals surface area contributed by atoms with Crippen molar-refractivity contribution < 1.29 is 0 Å². The molecule has 1 aromatic heterocycles. The lowest BCUT2D eigenvalue weighted by atomic mass is 10.3. The van der Waals surface area contributed by atoms with Crippen LogP contribution in [0.15, 0.2) is 23.1 Å². The van der Waals surface area contributed by atoms with E-state index in [2.05, 4.69) is 4.90 Å². The number of nitrogens with two attached hydrogens (primary N) is 1.